The molecule has 1 saturated heterocycles. The summed E-state index contributed by atoms with van der Waals surface area (Å²) in [5.74, 6) is -2.62. The summed E-state index contributed by atoms with van der Waals surface area (Å²) >= 11 is 0. The Bertz CT molecular complexity index is 1290. The summed E-state index contributed by atoms with van der Waals surface area (Å²) in [7, 11) is 6.10. The molecule has 0 amide bonds. The fourth-order valence-electron chi connectivity index (χ4n) is 4.42. The van der Waals surface area contributed by atoms with Crippen molar-refractivity contribution in [1.29, 1.82) is 5.41 Å². The maximum Gasteiger partial charge on any atom is 0.261 e. The number of likely N-dealkylation sites (N-methyl/N-ethyl adjacent to an activating group) is 2. The van der Waals surface area contributed by atoms with Gasteiger partial charge in [0.2, 0.25) is 0 Å². The molecule has 2 heterocycles. The molecule has 0 bridgehead atoms. The molecule has 0 unspecified atom stereocenters. The number of aromatic nitrogens is 1. The van der Waals surface area contributed by atoms with E-state index in [-0.39, 0.29) is 18.7 Å². The lowest BCUT2D eigenvalue weighted by molar-refractivity contribution is 0.0115. The van der Waals surface area contributed by atoms with Crippen molar-refractivity contribution in [3.05, 3.63) is 102 Å². The Morgan fingerprint density at radius 2 is 1.88 bits per heavy atom. The molecule has 0 saturated carbocycles. The van der Waals surface area contributed by atoms with Crippen molar-refractivity contribution in [3.63, 3.8) is 0 Å². The van der Waals surface area contributed by atoms with Crippen molar-refractivity contribution in [3.8, 4) is 11.1 Å². The first kappa shape index (κ1) is 30.9. The number of nitrogens with one attached hydrogen (secondary N) is 2. The molecule has 1 aromatic carbocycles. The number of allylic oxidation sites excluding steroid dienone is 4. The molecule has 40 heavy (non-hydrogen) atoms. The number of alkyl halides is 2. The van der Waals surface area contributed by atoms with E-state index in [4.69, 9.17) is 5.41 Å². The predicted octanol–water partition coefficient (Wildman–Crippen LogP) is 5.84. The molecule has 1 aliphatic heterocycles. The summed E-state index contributed by atoms with van der Waals surface area (Å²) in [6.07, 6.45) is 9.20. The van der Waals surface area contributed by atoms with Gasteiger partial charge in [-0.3, -0.25) is 15.3 Å². The standard InChI is InChI=1S/C32H42F2N6/c1-8-29(12-10-24(3)39(7)16-15-38(5)6)37-25(4)31(35)30-18-27(11-9-23(30)2)28-17-26(19-36-20-28)21-40-14-13-32(33,34)22-40/h8-12,17-20,35,37H,3-4,13-16,21-22H2,1-2,5-7H3/b12-10-,29-8+,35-31?. The molecule has 0 atom stereocenters. The van der Waals surface area contributed by atoms with Gasteiger partial charge in [-0.2, -0.15) is 0 Å². The number of benzene rings is 1. The van der Waals surface area contributed by atoms with Gasteiger partial charge in [-0.15, -0.1) is 0 Å². The number of hydrogen-bond donors (Lipinski definition) is 2. The van der Waals surface area contributed by atoms with E-state index >= 15 is 0 Å². The lowest BCUT2D eigenvalue weighted by Gasteiger charge is -2.21. The van der Waals surface area contributed by atoms with Crippen LogP contribution in [0.1, 0.15) is 30.0 Å². The van der Waals surface area contributed by atoms with Gasteiger partial charge in [0, 0.05) is 74.6 Å². The van der Waals surface area contributed by atoms with E-state index in [9.17, 15) is 8.78 Å². The first-order chi connectivity index (χ1) is 18.9. The molecule has 0 radical (unpaired) electrons. The average molecular weight is 549 g/mol. The number of likely N-dealkylation sites (tertiary alicyclic amines) is 1. The molecule has 214 valence electrons. The van der Waals surface area contributed by atoms with Gasteiger partial charge in [0.1, 0.15) is 0 Å². The molecule has 1 aromatic heterocycles. The Labute approximate surface area is 237 Å². The summed E-state index contributed by atoms with van der Waals surface area (Å²) < 4.78 is 27.3. The zero-order valence-corrected chi connectivity index (χ0v) is 24.4. The van der Waals surface area contributed by atoms with Crippen LogP contribution in [0, 0.1) is 12.3 Å². The maximum absolute atomic E-state index is 13.6. The second-order valence-electron chi connectivity index (χ2n) is 10.7. The van der Waals surface area contributed by atoms with Crippen LogP contribution in [0.3, 0.4) is 0 Å². The second-order valence-corrected chi connectivity index (χ2v) is 10.7. The molecule has 0 spiro atoms. The number of halogens is 2. The fraction of sp³-hybridized carbons (Fsp3) is 0.375. The van der Waals surface area contributed by atoms with Gasteiger partial charge in [-0.1, -0.05) is 31.4 Å². The van der Waals surface area contributed by atoms with Gasteiger partial charge < -0.3 is 15.1 Å². The minimum absolute atomic E-state index is 0.102. The summed E-state index contributed by atoms with van der Waals surface area (Å²) in [5.41, 5.74) is 6.85. The Hall–Kier alpha value is -3.62. The van der Waals surface area contributed by atoms with E-state index in [0.717, 1.165) is 52.3 Å². The minimum Gasteiger partial charge on any atom is -0.374 e. The Kier molecular flexibility index (Phi) is 10.5. The van der Waals surface area contributed by atoms with Gasteiger partial charge in [-0.05, 0) is 68.9 Å². The van der Waals surface area contributed by atoms with Crippen molar-refractivity contribution in [1.82, 2.24) is 25.0 Å². The van der Waals surface area contributed by atoms with Crippen LogP contribution in [0.25, 0.3) is 11.1 Å². The summed E-state index contributed by atoms with van der Waals surface area (Å²) in [6, 6.07) is 7.91. The number of pyridine rings is 1. The third-order valence-corrected chi connectivity index (χ3v) is 7.03. The number of aryl methyl sites for hydroxylation is 1. The number of nitrogens with zero attached hydrogens (tertiary/aromatic N) is 4. The molecule has 6 nitrogen and oxygen atoms in total. The molecule has 0 aliphatic carbocycles. The van der Waals surface area contributed by atoms with Gasteiger partial charge in [-0.25, -0.2) is 8.78 Å². The molecule has 8 heteroatoms. The van der Waals surface area contributed by atoms with Crippen LogP contribution in [0.2, 0.25) is 0 Å². The molecule has 1 aliphatic rings. The first-order valence-electron chi connectivity index (χ1n) is 13.5. The van der Waals surface area contributed by atoms with Crippen LogP contribution in [0.5, 0.6) is 0 Å². The third-order valence-electron chi connectivity index (χ3n) is 7.03. The lowest BCUT2D eigenvalue weighted by atomic mass is 9.96. The van der Waals surface area contributed by atoms with Crippen molar-refractivity contribution in [2.24, 2.45) is 0 Å². The van der Waals surface area contributed by atoms with Crippen molar-refractivity contribution in [2.45, 2.75) is 32.7 Å². The maximum atomic E-state index is 13.6. The van der Waals surface area contributed by atoms with Crippen LogP contribution >= 0.6 is 0 Å². The van der Waals surface area contributed by atoms with E-state index in [1.54, 1.807) is 17.3 Å². The molecular weight excluding hydrogens is 506 g/mol. The van der Waals surface area contributed by atoms with Crippen LogP contribution in [-0.2, 0) is 6.54 Å². The quantitative estimate of drug-likeness (QED) is 0.243. The topological polar surface area (TPSA) is 58.5 Å². The van der Waals surface area contributed by atoms with Crippen LogP contribution in [0.15, 0.2) is 85.1 Å². The normalized spacial score (nSPS) is 15.6. The first-order valence-corrected chi connectivity index (χ1v) is 13.5. The molecule has 1 fully saturated rings. The van der Waals surface area contributed by atoms with Crippen LogP contribution in [-0.4, -0.2) is 78.6 Å². The van der Waals surface area contributed by atoms with E-state index < -0.39 is 5.92 Å². The van der Waals surface area contributed by atoms with Crippen molar-refractivity contribution in [2.75, 3.05) is 47.3 Å². The minimum atomic E-state index is -2.62. The van der Waals surface area contributed by atoms with Gasteiger partial charge in [0.25, 0.3) is 5.92 Å². The Balaban J connectivity index is 1.69. The number of rotatable bonds is 13. The number of hydrogen-bond acceptors (Lipinski definition) is 6. The highest BCUT2D eigenvalue weighted by Crippen LogP contribution is 2.29. The van der Waals surface area contributed by atoms with E-state index in [2.05, 4.69) is 33.3 Å². The second kappa shape index (κ2) is 13.6. The van der Waals surface area contributed by atoms with Crippen LogP contribution in [0.4, 0.5) is 8.78 Å². The summed E-state index contributed by atoms with van der Waals surface area (Å²) in [5, 5.41) is 12.1. The Morgan fingerprint density at radius 1 is 1.12 bits per heavy atom. The largest absolute Gasteiger partial charge is 0.374 e. The predicted molar refractivity (Wildman–Crippen MR) is 162 cm³/mol. The van der Waals surface area contributed by atoms with E-state index in [1.165, 1.54) is 0 Å². The molecular formula is C32H42F2N6. The smallest absolute Gasteiger partial charge is 0.261 e. The molecule has 2 aromatic rings. The highest BCUT2D eigenvalue weighted by atomic mass is 19.3. The van der Waals surface area contributed by atoms with Gasteiger partial charge >= 0.3 is 0 Å². The SMILES string of the molecule is C=C(NC(/C=C\C(=C)N(C)CCN(C)C)=C/C)C(=N)c1cc(-c2cncc(CN3CCC(F)(F)C3)c2)ccc1C. The van der Waals surface area contributed by atoms with Gasteiger partial charge in [0.05, 0.1) is 18.0 Å². The average Bonchev–Trinajstić information content (AvgIpc) is 3.26. The van der Waals surface area contributed by atoms with Crippen molar-refractivity contribution < 1.29 is 8.78 Å². The summed E-state index contributed by atoms with van der Waals surface area (Å²) in [4.78, 5) is 10.4. The third kappa shape index (κ3) is 8.69. The molecule has 3 rings (SSSR count). The monoisotopic (exact) mass is 548 g/mol. The zero-order chi connectivity index (χ0) is 29.4. The van der Waals surface area contributed by atoms with E-state index in [1.807, 2.05) is 77.5 Å². The highest BCUT2D eigenvalue weighted by molar-refractivity contribution is 6.11. The highest BCUT2D eigenvalue weighted by Gasteiger charge is 2.37. The zero-order valence-electron chi connectivity index (χ0n) is 24.4. The van der Waals surface area contributed by atoms with E-state index in [0.29, 0.717) is 18.8 Å². The van der Waals surface area contributed by atoms with Crippen molar-refractivity contribution >= 4 is 5.71 Å². The summed E-state index contributed by atoms with van der Waals surface area (Å²) in [6.45, 7) is 14.6. The lowest BCUT2D eigenvalue weighted by Crippen LogP contribution is -2.27. The fourth-order valence-corrected chi connectivity index (χ4v) is 4.42. The molecule has 2 N–H and O–H groups in total. The van der Waals surface area contributed by atoms with Crippen LogP contribution < -0.4 is 5.32 Å². The van der Waals surface area contributed by atoms with Gasteiger partial charge in [0.15, 0.2) is 0 Å². The Morgan fingerprint density at radius 3 is 2.52 bits per heavy atom.